The van der Waals surface area contributed by atoms with E-state index in [-0.39, 0.29) is 17.7 Å². The molecule has 0 aromatic heterocycles. The largest absolute Gasteiger partial charge is 0.468 e. The lowest BCUT2D eigenvalue weighted by Crippen LogP contribution is -2.49. The minimum atomic E-state index is -1.20. The molecule has 1 N–H and O–H groups in total. The Labute approximate surface area is 126 Å². The second kappa shape index (κ2) is 6.21. The highest BCUT2D eigenvalue weighted by molar-refractivity contribution is 6.23. The minimum absolute atomic E-state index is 0.236. The topological polar surface area (TPSA) is 92.8 Å². The maximum Gasteiger partial charge on any atom is 0.325 e. The summed E-state index contributed by atoms with van der Waals surface area (Å²) in [5.41, 5.74) is 0.472. The smallest absolute Gasteiger partial charge is 0.325 e. The van der Waals surface area contributed by atoms with Gasteiger partial charge in [0.1, 0.15) is 12.6 Å². The number of amides is 3. The molecule has 0 aliphatic carbocycles. The number of rotatable bonds is 5. The lowest BCUT2D eigenvalue weighted by atomic mass is 10.1. The molecule has 1 aliphatic rings. The Bertz CT molecular complexity index is 633. The van der Waals surface area contributed by atoms with Crippen molar-refractivity contribution < 1.29 is 23.9 Å². The Kier molecular flexibility index (Phi) is 4.36. The van der Waals surface area contributed by atoms with Crippen LogP contribution in [0.5, 0.6) is 0 Å². The summed E-state index contributed by atoms with van der Waals surface area (Å²) in [6.45, 7) is 3.12. The van der Waals surface area contributed by atoms with E-state index in [1.807, 2.05) is 0 Å². The number of ether oxygens (including phenoxy) is 1. The molecular weight excluding hydrogens is 288 g/mol. The van der Waals surface area contributed by atoms with Gasteiger partial charge in [-0.1, -0.05) is 18.2 Å². The maximum absolute atomic E-state index is 12.3. The molecule has 0 saturated carbocycles. The van der Waals surface area contributed by atoms with Crippen LogP contribution in [0.1, 0.15) is 20.7 Å². The second-order valence-electron chi connectivity index (χ2n) is 4.50. The van der Waals surface area contributed by atoms with Crippen molar-refractivity contribution in [1.82, 2.24) is 10.2 Å². The van der Waals surface area contributed by atoms with E-state index in [1.165, 1.54) is 25.3 Å². The van der Waals surface area contributed by atoms with Crippen LogP contribution in [-0.4, -0.2) is 48.3 Å². The predicted molar refractivity (Wildman–Crippen MR) is 76.0 cm³/mol. The lowest BCUT2D eigenvalue weighted by molar-refractivity contribution is -0.141. The summed E-state index contributed by atoms with van der Waals surface area (Å²) in [6.07, 6.45) is 1.17. The molecule has 1 aliphatic heterocycles. The van der Waals surface area contributed by atoms with Crippen molar-refractivity contribution in [3.63, 3.8) is 0 Å². The number of nitrogens with zero attached hydrogens (tertiary/aromatic N) is 1. The first-order valence-electron chi connectivity index (χ1n) is 6.45. The quantitative estimate of drug-likeness (QED) is 0.474. The van der Waals surface area contributed by atoms with E-state index in [0.717, 1.165) is 4.90 Å². The summed E-state index contributed by atoms with van der Waals surface area (Å²) in [6, 6.07) is 5.10. The Balaban J connectivity index is 2.21. The van der Waals surface area contributed by atoms with E-state index in [2.05, 4.69) is 16.6 Å². The number of methoxy groups -OCH3 is 1. The lowest BCUT2D eigenvalue weighted by Gasteiger charge is -2.22. The normalized spacial score (nSPS) is 14.3. The Hall–Kier alpha value is -2.96. The standard InChI is InChI=1S/C15H14N2O5/c1-3-11(13(19)16-8-12(18)22-2)17-14(20)9-6-4-5-7-10(9)15(17)21/h3-7,11H,1,8H2,2H3,(H,16,19)/t11-/m0/s1. The first-order valence-corrected chi connectivity index (χ1v) is 6.45. The van der Waals surface area contributed by atoms with Gasteiger partial charge in [-0.05, 0) is 12.1 Å². The number of hydrogen-bond donors (Lipinski definition) is 1. The molecule has 1 aromatic rings. The van der Waals surface area contributed by atoms with Gasteiger partial charge in [-0.3, -0.25) is 24.1 Å². The van der Waals surface area contributed by atoms with Crippen LogP contribution in [-0.2, 0) is 14.3 Å². The molecule has 1 heterocycles. The van der Waals surface area contributed by atoms with E-state index >= 15 is 0 Å². The van der Waals surface area contributed by atoms with Crippen LogP contribution in [0.25, 0.3) is 0 Å². The molecule has 114 valence electrons. The molecule has 0 unspecified atom stereocenters. The highest BCUT2D eigenvalue weighted by Crippen LogP contribution is 2.24. The summed E-state index contributed by atoms with van der Waals surface area (Å²) in [5, 5.41) is 2.30. The third-order valence-electron chi connectivity index (χ3n) is 3.23. The fourth-order valence-corrected chi connectivity index (χ4v) is 2.13. The van der Waals surface area contributed by atoms with Crippen molar-refractivity contribution in [3.05, 3.63) is 48.0 Å². The third kappa shape index (κ3) is 2.60. The van der Waals surface area contributed by atoms with Crippen LogP contribution in [0.2, 0.25) is 0 Å². The molecule has 1 aromatic carbocycles. The predicted octanol–water partition coefficient (Wildman–Crippen LogP) is 0.126. The van der Waals surface area contributed by atoms with Gasteiger partial charge in [-0.2, -0.15) is 0 Å². The van der Waals surface area contributed by atoms with Crippen molar-refractivity contribution >= 4 is 23.7 Å². The fraction of sp³-hybridized carbons (Fsp3) is 0.200. The van der Waals surface area contributed by atoms with Crippen molar-refractivity contribution in [1.29, 1.82) is 0 Å². The average molecular weight is 302 g/mol. The Morgan fingerprint density at radius 2 is 1.82 bits per heavy atom. The Morgan fingerprint density at radius 1 is 1.27 bits per heavy atom. The van der Waals surface area contributed by atoms with Gasteiger partial charge in [-0.15, -0.1) is 6.58 Å². The summed E-state index contributed by atoms with van der Waals surface area (Å²) in [4.78, 5) is 48.5. The van der Waals surface area contributed by atoms with Gasteiger partial charge in [-0.25, -0.2) is 0 Å². The number of imide groups is 1. The number of esters is 1. The van der Waals surface area contributed by atoms with Crippen LogP contribution >= 0.6 is 0 Å². The third-order valence-corrected chi connectivity index (χ3v) is 3.23. The van der Waals surface area contributed by atoms with Gasteiger partial charge in [0.05, 0.1) is 18.2 Å². The van der Waals surface area contributed by atoms with E-state index in [0.29, 0.717) is 0 Å². The number of carbonyl (C=O) groups excluding carboxylic acids is 4. The number of fused-ring (bicyclic) bond motifs is 1. The highest BCUT2D eigenvalue weighted by atomic mass is 16.5. The van der Waals surface area contributed by atoms with Crippen LogP contribution in [0.4, 0.5) is 0 Å². The molecule has 0 bridgehead atoms. The van der Waals surface area contributed by atoms with Gasteiger partial charge in [0.2, 0.25) is 5.91 Å². The molecular formula is C15H14N2O5. The molecule has 0 saturated heterocycles. The summed E-state index contributed by atoms with van der Waals surface area (Å²) >= 11 is 0. The number of carbonyl (C=O) groups is 4. The molecule has 0 spiro atoms. The zero-order chi connectivity index (χ0) is 16.3. The summed E-state index contributed by atoms with van der Waals surface area (Å²) in [7, 11) is 1.18. The molecule has 7 heteroatoms. The SMILES string of the molecule is C=C[C@@H](C(=O)NCC(=O)OC)N1C(=O)c2ccccc2C1=O. The van der Waals surface area contributed by atoms with Crippen molar-refractivity contribution in [3.8, 4) is 0 Å². The van der Waals surface area contributed by atoms with Crippen molar-refractivity contribution in [2.75, 3.05) is 13.7 Å². The summed E-state index contributed by atoms with van der Waals surface area (Å²) < 4.78 is 4.41. The molecule has 7 nitrogen and oxygen atoms in total. The monoisotopic (exact) mass is 302 g/mol. The van der Waals surface area contributed by atoms with E-state index < -0.39 is 29.7 Å². The summed E-state index contributed by atoms with van der Waals surface area (Å²) in [5.74, 6) is -2.47. The van der Waals surface area contributed by atoms with Gasteiger partial charge in [0.15, 0.2) is 0 Å². The van der Waals surface area contributed by atoms with E-state index in [9.17, 15) is 19.2 Å². The van der Waals surface area contributed by atoms with Crippen LogP contribution < -0.4 is 5.32 Å². The maximum atomic E-state index is 12.3. The number of benzene rings is 1. The van der Waals surface area contributed by atoms with Gasteiger partial charge < -0.3 is 10.1 Å². The van der Waals surface area contributed by atoms with Gasteiger partial charge in [0, 0.05) is 0 Å². The van der Waals surface area contributed by atoms with Crippen LogP contribution in [0, 0.1) is 0 Å². The number of hydrogen-bond acceptors (Lipinski definition) is 5. The van der Waals surface area contributed by atoms with Crippen molar-refractivity contribution in [2.45, 2.75) is 6.04 Å². The average Bonchev–Trinajstić information content (AvgIpc) is 2.79. The molecule has 3 amide bonds. The van der Waals surface area contributed by atoms with E-state index in [4.69, 9.17) is 0 Å². The molecule has 22 heavy (non-hydrogen) atoms. The number of nitrogens with one attached hydrogen (secondary N) is 1. The zero-order valence-corrected chi connectivity index (χ0v) is 11.9. The minimum Gasteiger partial charge on any atom is -0.468 e. The highest BCUT2D eigenvalue weighted by Gasteiger charge is 2.41. The van der Waals surface area contributed by atoms with Crippen LogP contribution in [0.3, 0.4) is 0 Å². The second-order valence-corrected chi connectivity index (χ2v) is 4.50. The Morgan fingerprint density at radius 3 is 2.27 bits per heavy atom. The molecule has 0 fully saturated rings. The molecule has 2 rings (SSSR count). The van der Waals surface area contributed by atoms with Gasteiger partial charge in [0.25, 0.3) is 11.8 Å². The molecule has 1 atom stereocenters. The zero-order valence-electron chi connectivity index (χ0n) is 11.9. The van der Waals surface area contributed by atoms with Gasteiger partial charge >= 0.3 is 5.97 Å². The molecule has 0 radical (unpaired) electrons. The van der Waals surface area contributed by atoms with E-state index in [1.54, 1.807) is 12.1 Å². The fourth-order valence-electron chi connectivity index (χ4n) is 2.13. The van der Waals surface area contributed by atoms with Crippen LogP contribution in [0.15, 0.2) is 36.9 Å². The first kappa shape index (κ1) is 15.4. The first-order chi connectivity index (χ1) is 10.5. The van der Waals surface area contributed by atoms with Crippen molar-refractivity contribution in [2.24, 2.45) is 0 Å².